The summed E-state index contributed by atoms with van der Waals surface area (Å²) in [5.74, 6) is 0.237. The molecule has 0 aliphatic carbocycles. The molecule has 234 valence electrons. The Labute approximate surface area is 273 Å². The molecule has 3 aromatic carbocycles. The zero-order valence-corrected chi connectivity index (χ0v) is 26.6. The molecule has 0 bridgehead atoms. The van der Waals surface area contributed by atoms with Gasteiger partial charge in [-0.3, -0.25) is 9.59 Å². The maximum atomic E-state index is 14.0. The van der Waals surface area contributed by atoms with Crippen LogP contribution in [0, 0.1) is 18.8 Å². The normalized spacial score (nSPS) is 19.9. The van der Waals surface area contributed by atoms with Gasteiger partial charge in [0.1, 0.15) is 17.5 Å². The molecule has 0 fully saturated rings. The Hall–Kier alpha value is -4.54. The van der Waals surface area contributed by atoms with Gasteiger partial charge < -0.3 is 30.2 Å². The summed E-state index contributed by atoms with van der Waals surface area (Å²) in [5.41, 5.74) is 8.85. The minimum Gasteiger partial charge on any atom is -0.506 e. The highest BCUT2D eigenvalue weighted by atomic mass is 35.5. The number of nitrogens with one attached hydrogen (secondary N) is 3. The molecule has 2 amide bonds. The van der Waals surface area contributed by atoms with Gasteiger partial charge in [0, 0.05) is 83.6 Å². The highest BCUT2D eigenvalue weighted by Crippen LogP contribution is 2.48. The van der Waals surface area contributed by atoms with Gasteiger partial charge in [0.25, 0.3) is 5.91 Å². The third-order valence-electron chi connectivity index (χ3n) is 9.89. The maximum absolute atomic E-state index is 14.0. The van der Waals surface area contributed by atoms with Crippen molar-refractivity contribution in [2.24, 2.45) is 5.18 Å². The van der Waals surface area contributed by atoms with Crippen LogP contribution in [0.5, 0.6) is 5.75 Å². The van der Waals surface area contributed by atoms with Crippen LogP contribution in [0.25, 0.3) is 21.8 Å². The first-order valence-electron chi connectivity index (χ1n) is 15.2. The number of halogens is 2. The fourth-order valence-corrected chi connectivity index (χ4v) is 8.27. The van der Waals surface area contributed by atoms with Gasteiger partial charge in [0.15, 0.2) is 0 Å². The quantitative estimate of drug-likeness (QED) is 0.119. The van der Waals surface area contributed by atoms with Crippen LogP contribution in [0.4, 0.5) is 22.7 Å². The van der Waals surface area contributed by atoms with Gasteiger partial charge in [-0.05, 0) is 71.1 Å². The number of anilines is 3. The number of aryl methyl sites for hydroxylation is 2. The molecule has 3 aliphatic rings. The number of alkyl halides is 2. The Morgan fingerprint density at radius 2 is 1.54 bits per heavy atom. The first-order chi connectivity index (χ1) is 22.2. The van der Waals surface area contributed by atoms with Crippen molar-refractivity contribution < 1.29 is 14.7 Å². The molecule has 10 nitrogen and oxygen atoms in total. The van der Waals surface area contributed by atoms with E-state index in [4.69, 9.17) is 23.2 Å². The fraction of sp³-hybridized carbons (Fsp3) is 0.294. The number of H-pyrrole nitrogens is 2. The molecule has 3 atom stereocenters. The van der Waals surface area contributed by atoms with Crippen molar-refractivity contribution in [3.8, 4) is 5.75 Å². The number of nitrogens with zero attached hydrogens (tertiary/aromatic N) is 3. The first-order valence-corrected chi connectivity index (χ1v) is 16.3. The molecule has 0 radical (unpaired) electrons. The van der Waals surface area contributed by atoms with E-state index >= 15 is 0 Å². The van der Waals surface area contributed by atoms with Crippen LogP contribution in [0.1, 0.15) is 50.0 Å². The van der Waals surface area contributed by atoms with E-state index < -0.39 is 6.04 Å². The molecule has 5 heterocycles. The second-order valence-electron chi connectivity index (χ2n) is 12.5. The number of fused-ring (bicyclic) bond motifs is 7. The zero-order chi connectivity index (χ0) is 32.0. The van der Waals surface area contributed by atoms with Crippen LogP contribution in [-0.4, -0.2) is 57.8 Å². The number of rotatable bonds is 5. The van der Waals surface area contributed by atoms with E-state index in [0.29, 0.717) is 59.2 Å². The minimum absolute atomic E-state index is 0.0717. The molecular weight excluding hydrogens is 627 g/mol. The van der Waals surface area contributed by atoms with E-state index in [0.717, 1.165) is 44.3 Å². The van der Waals surface area contributed by atoms with Crippen LogP contribution < -0.4 is 15.1 Å². The van der Waals surface area contributed by atoms with Crippen molar-refractivity contribution in [1.82, 2.24) is 9.97 Å². The Morgan fingerprint density at radius 3 is 2.22 bits per heavy atom. The molecule has 0 saturated carbocycles. The number of carbonyl (C=O) groups excluding carboxylic acids is 2. The summed E-state index contributed by atoms with van der Waals surface area (Å²) in [6, 6.07) is 8.19. The number of benzene rings is 3. The summed E-state index contributed by atoms with van der Waals surface area (Å²) in [6.45, 7) is 4.72. The Balaban J connectivity index is 1.09. The monoisotopic (exact) mass is 656 g/mol. The number of aromatic amines is 2. The largest absolute Gasteiger partial charge is 0.506 e. The smallest absolute Gasteiger partial charge is 0.258 e. The Bertz CT molecular complexity index is 2140. The van der Waals surface area contributed by atoms with E-state index in [1.54, 1.807) is 28.0 Å². The number of hydrogen-bond acceptors (Lipinski definition) is 6. The topological polar surface area (TPSA) is 134 Å². The van der Waals surface area contributed by atoms with Gasteiger partial charge in [-0.15, -0.1) is 28.1 Å². The lowest BCUT2D eigenvalue weighted by atomic mass is 9.96. The van der Waals surface area contributed by atoms with Crippen LogP contribution in [-0.2, 0) is 11.2 Å². The second-order valence-corrected chi connectivity index (χ2v) is 13.1. The van der Waals surface area contributed by atoms with E-state index in [1.165, 1.54) is 0 Å². The van der Waals surface area contributed by atoms with Gasteiger partial charge in [0.05, 0.1) is 22.4 Å². The van der Waals surface area contributed by atoms with Gasteiger partial charge in [-0.2, -0.15) is 0 Å². The average Bonchev–Trinajstić information content (AvgIpc) is 3.88. The molecule has 12 heteroatoms. The van der Waals surface area contributed by atoms with Crippen LogP contribution in [0.3, 0.4) is 0 Å². The summed E-state index contributed by atoms with van der Waals surface area (Å²) in [5, 5.41) is 19.2. The summed E-state index contributed by atoms with van der Waals surface area (Å²) in [7, 11) is 0. The molecule has 2 aromatic heterocycles. The molecule has 3 aliphatic heterocycles. The predicted molar refractivity (Wildman–Crippen MR) is 182 cm³/mol. The van der Waals surface area contributed by atoms with E-state index in [-0.39, 0.29) is 35.1 Å². The minimum atomic E-state index is -0.549. The zero-order valence-electron chi connectivity index (χ0n) is 25.1. The van der Waals surface area contributed by atoms with Crippen molar-refractivity contribution >= 4 is 79.6 Å². The van der Waals surface area contributed by atoms with Gasteiger partial charge >= 0.3 is 0 Å². The van der Waals surface area contributed by atoms with E-state index in [1.807, 2.05) is 38.4 Å². The van der Waals surface area contributed by atoms with Gasteiger partial charge in [0.2, 0.25) is 5.91 Å². The molecule has 4 N–H and O–H groups in total. The third kappa shape index (κ3) is 4.02. The highest BCUT2D eigenvalue weighted by Gasteiger charge is 2.40. The number of nitroso groups, excluding NO2 is 1. The van der Waals surface area contributed by atoms with Crippen LogP contribution >= 0.6 is 23.2 Å². The van der Waals surface area contributed by atoms with Crippen LogP contribution in [0.15, 0.2) is 47.9 Å². The Morgan fingerprint density at radius 1 is 0.913 bits per heavy atom. The van der Waals surface area contributed by atoms with Gasteiger partial charge in [-0.25, -0.2) is 0 Å². The predicted octanol–water partition coefficient (Wildman–Crippen LogP) is 7.06. The van der Waals surface area contributed by atoms with Crippen molar-refractivity contribution in [1.29, 1.82) is 0 Å². The Kier molecular flexibility index (Phi) is 6.60. The van der Waals surface area contributed by atoms with E-state index in [2.05, 4.69) is 20.5 Å². The second kappa shape index (κ2) is 10.5. The third-order valence-corrected chi connectivity index (χ3v) is 10.6. The number of amides is 2. The number of phenolic OH excluding ortho intramolecular Hbond substituents is 1. The van der Waals surface area contributed by atoms with Crippen molar-refractivity contribution in [3.05, 3.63) is 81.0 Å². The lowest BCUT2D eigenvalue weighted by Gasteiger charge is -2.22. The molecule has 2 unspecified atom stereocenters. The average molecular weight is 658 g/mol. The van der Waals surface area contributed by atoms with E-state index in [9.17, 15) is 19.6 Å². The lowest BCUT2D eigenvalue weighted by Crippen LogP contribution is -2.41. The fourth-order valence-electron chi connectivity index (χ4n) is 7.76. The molecular formula is C34H30Cl2N6O4. The summed E-state index contributed by atoms with van der Waals surface area (Å²) in [6.07, 6.45) is 4.08. The number of hydrogen-bond donors (Lipinski definition) is 4. The number of carbonyl (C=O) groups is 2. The molecule has 0 spiro atoms. The summed E-state index contributed by atoms with van der Waals surface area (Å²) < 4.78 is 0. The molecule has 5 aromatic rings. The molecule has 0 saturated heterocycles. The van der Waals surface area contributed by atoms with Crippen molar-refractivity contribution in [2.75, 3.05) is 40.0 Å². The SMILES string of the molecule is Cc1c[nH]c2c(N=O)cc3c(c12)C(CCl)CN3C(=O)c1ccc2c(c1)CC(C(=O)N1C[C@@H](CCl)c3c1cc(O)c1[nH]cc(C)c31)N2. The first kappa shape index (κ1) is 28.9. The standard InChI is InChI=1S/C34H30Cl2N6O4/c1-15-11-37-31-22(40-46)7-24-29(27(15)31)19(9-35)13-41(24)33(44)17-3-4-21-18(5-17)6-23(39-21)34(45)42-14-20(10-36)30-25(42)8-26(43)32-28(30)16(2)12-38-32/h3-5,7-8,11-12,19-20,23,37-39,43H,6,9-10,13-14H2,1-2H3/t19?,20-,23?/m1/s1. The summed E-state index contributed by atoms with van der Waals surface area (Å²) >= 11 is 12.8. The van der Waals surface area contributed by atoms with Crippen molar-refractivity contribution in [3.63, 3.8) is 0 Å². The lowest BCUT2D eigenvalue weighted by molar-refractivity contribution is -0.119. The number of phenols is 1. The molecule has 8 rings (SSSR count). The molecule has 46 heavy (non-hydrogen) atoms. The van der Waals surface area contributed by atoms with Crippen LogP contribution in [0.2, 0.25) is 0 Å². The van der Waals surface area contributed by atoms with Crippen molar-refractivity contribution in [2.45, 2.75) is 38.1 Å². The van der Waals surface area contributed by atoms with Gasteiger partial charge in [-0.1, -0.05) is 0 Å². The number of aromatic nitrogens is 2. The summed E-state index contributed by atoms with van der Waals surface area (Å²) in [4.78, 5) is 49.5. The maximum Gasteiger partial charge on any atom is 0.258 e. The number of aromatic hydroxyl groups is 1. The highest BCUT2D eigenvalue weighted by molar-refractivity contribution is 6.20.